The van der Waals surface area contributed by atoms with Gasteiger partial charge in [-0.25, -0.2) is 4.79 Å². The zero-order chi connectivity index (χ0) is 25.8. The molecule has 1 aromatic heterocycles. The maximum Gasteiger partial charge on any atom is 0.340 e. The van der Waals surface area contributed by atoms with Crippen LogP contribution < -0.4 is 5.63 Å². The molecule has 2 fully saturated rings. The zero-order valence-electron chi connectivity index (χ0n) is 22.2. The molecule has 198 valence electrons. The van der Waals surface area contributed by atoms with Gasteiger partial charge in [0.1, 0.15) is 11.3 Å². The lowest BCUT2D eigenvalue weighted by Crippen LogP contribution is -2.51. The number of benzene rings is 2. The summed E-state index contributed by atoms with van der Waals surface area (Å²) in [5, 5.41) is 11.8. The molecular weight excluding hydrogens is 464 g/mol. The van der Waals surface area contributed by atoms with E-state index in [-0.39, 0.29) is 11.4 Å². The van der Waals surface area contributed by atoms with E-state index >= 15 is 0 Å². The highest BCUT2D eigenvalue weighted by molar-refractivity contribution is 5.85. The van der Waals surface area contributed by atoms with Crippen molar-refractivity contribution in [1.29, 1.82) is 0 Å². The summed E-state index contributed by atoms with van der Waals surface area (Å²) in [7, 11) is 1.73. The number of fused-ring (bicyclic) bond motifs is 2. The van der Waals surface area contributed by atoms with Crippen LogP contribution in [0.4, 0.5) is 0 Å². The van der Waals surface area contributed by atoms with Crippen LogP contribution in [-0.2, 0) is 17.7 Å². The maximum absolute atomic E-state index is 13.2. The molecule has 2 atom stereocenters. The SMILES string of the molecule is COCCN(Cc1c(O)ccc2c(C)c(Cc3ccccc3)c(=O)oc12)CC1CCCN2CCCCC12. The summed E-state index contributed by atoms with van der Waals surface area (Å²) >= 11 is 0. The summed E-state index contributed by atoms with van der Waals surface area (Å²) < 4.78 is 11.4. The molecule has 3 heterocycles. The lowest BCUT2D eigenvalue weighted by atomic mass is 9.83. The second-order valence-electron chi connectivity index (χ2n) is 10.8. The number of aromatic hydroxyl groups is 1. The topological polar surface area (TPSA) is 66.2 Å². The molecule has 0 aliphatic carbocycles. The van der Waals surface area contributed by atoms with Crippen LogP contribution in [0.3, 0.4) is 0 Å². The maximum atomic E-state index is 13.2. The Morgan fingerprint density at radius 3 is 2.68 bits per heavy atom. The normalized spacial score (nSPS) is 20.4. The van der Waals surface area contributed by atoms with E-state index in [2.05, 4.69) is 9.80 Å². The second kappa shape index (κ2) is 11.8. The van der Waals surface area contributed by atoms with Gasteiger partial charge in [-0.05, 0) is 74.9 Å². The molecule has 2 unspecified atom stereocenters. The lowest BCUT2D eigenvalue weighted by Gasteiger charge is -2.45. The van der Waals surface area contributed by atoms with Gasteiger partial charge in [0.15, 0.2) is 0 Å². The minimum absolute atomic E-state index is 0.177. The molecule has 0 spiro atoms. The Balaban J connectivity index is 1.44. The number of rotatable bonds is 9. The molecule has 0 radical (unpaired) electrons. The number of phenols is 1. The van der Waals surface area contributed by atoms with Gasteiger partial charge in [0.05, 0.1) is 12.2 Å². The molecule has 2 aliphatic rings. The Morgan fingerprint density at radius 2 is 1.86 bits per heavy atom. The first-order chi connectivity index (χ1) is 18.0. The first-order valence-electron chi connectivity index (χ1n) is 13.8. The van der Waals surface area contributed by atoms with Crippen LogP contribution in [0.25, 0.3) is 11.0 Å². The highest BCUT2D eigenvalue weighted by Crippen LogP contribution is 2.34. The molecule has 6 nitrogen and oxygen atoms in total. The predicted octanol–water partition coefficient (Wildman–Crippen LogP) is 5.11. The number of ether oxygens (including phenoxy) is 1. The summed E-state index contributed by atoms with van der Waals surface area (Å²) in [6.07, 6.45) is 6.92. The molecule has 5 rings (SSSR count). The third kappa shape index (κ3) is 5.77. The zero-order valence-corrected chi connectivity index (χ0v) is 22.2. The monoisotopic (exact) mass is 504 g/mol. The van der Waals surface area contributed by atoms with Crippen molar-refractivity contribution in [3.63, 3.8) is 0 Å². The van der Waals surface area contributed by atoms with Crippen LogP contribution in [0.5, 0.6) is 5.75 Å². The fourth-order valence-corrected chi connectivity index (χ4v) is 6.46. The largest absolute Gasteiger partial charge is 0.507 e. The van der Waals surface area contributed by atoms with Crippen molar-refractivity contribution >= 4 is 11.0 Å². The molecule has 3 aromatic rings. The van der Waals surface area contributed by atoms with Gasteiger partial charge in [-0.2, -0.15) is 0 Å². The van der Waals surface area contributed by atoms with E-state index in [0.29, 0.717) is 48.2 Å². The van der Waals surface area contributed by atoms with Gasteiger partial charge in [-0.1, -0.05) is 36.8 Å². The van der Waals surface area contributed by atoms with Crippen molar-refractivity contribution in [2.45, 2.75) is 58.0 Å². The van der Waals surface area contributed by atoms with Crippen molar-refractivity contribution in [3.8, 4) is 5.75 Å². The highest BCUT2D eigenvalue weighted by atomic mass is 16.5. The molecule has 6 heteroatoms. The molecule has 2 aliphatic heterocycles. The minimum atomic E-state index is -0.325. The summed E-state index contributed by atoms with van der Waals surface area (Å²) in [6, 6.07) is 14.3. The first-order valence-corrected chi connectivity index (χ1v) is 13.8. The Bertz CT molecular complexity index is 1250. The number of phenolic OH excluding ortho intramolecular Hbond substituents is 1. The third-order valence-electron chi connectivity index (χ3n) is 8.47. The molecule has 2 aromatic carbocycles. The second-order valence-corrected chi connectivity index (χ2v) is 10.8. The molecule has 0 amide bonds. The molecule has 2 saturated heterocycles. The minimum Gasteiger partial charge on any atom is -0.507 e. The summed E-state index contributed by atoms with van der Waals surface area (Å²) in [6.45, 7) is 7.30. The number of hydrogen-bond donors (Lipinski definition) is 1. The molecule has 0 saturated carbocycles. The van der Waals surface area contributed by atoms with E-state index in [4.69, 9.17) is 9.15 Å². The molecule has 0 bridgehead atoms. The van der Waals surface area contributed by atoms with Crippen molar-refractivity contribution in [3.05, 3.63) is 75.1 Å². The van der Waals surface area contributed by atoms with E-state index in [1.54, 1.807) is 13.2 Å². The van der Waals surface area contributed by atoms with E-state index in [1.165, 1.54) is 45.2 Å². The first kappa shape index (κ1) is 26.0. The van der Waals surface area contributed by atoms with Crippen LogP contribution in [0, 0.1) is 12.8 Å². The summed E-state index contributed by atoms with van der Waals surface area (Å²) in [5.41, 5.74) is 3.54. The van der Waals surface area contributed by atoms with Crippen molar-refractivity contribution < 1.29 is 14.3 Å². The van der Waals surface area contributed by atoms with Crippen molar-refractivity contribution in [1.82, 2.24) is 9.80 Å². The lowest BCUT2D eigenvalue weighted by molar-refractivity contribution is 0.0335. The van der Waals surface area contributed by atoms with Crippen LogP contribution in [-0.4, -0.2) is 60.8 Å². The summed E-state index contributed by atoms with van der Waals surface area (Å²) in [5.74, 6) is 0.783. The average Bonchev–Trinajstić information content (AvgIpc) is 2.92. The van der Waals surface area contributed by atoms with Crippen molar-refractivity contribution in [2.24, 2.45) is 5.92 Å². The van der Waals surface area contributed by atoms with Gasteiger partial charge < -0.3 is 19.2 Å². The smallest absolute Gasteiger partial charge is 0.340 e. The molecule has 37 heavy (non-hydrogen) atoms. The van der Waals surface area contributed by atoms with Gasteiger partial charge in [0, 0.05) is 50.2 Å². The van der Waals surface area contributed by atoms with E-state index in [9.17, 15) is 9.90 Å². The van der Waals surface area contributed by atoms with Crippen LogP contribution in [0.1, 0.15) is 54.4 Å². The standard InChI is InChI=1S/C31H40N2O4/c1-22-25-13-14-29(34)27(30(25)37-31(35)26(22)19-23-9-4-3-5-10-23)21-32(17-18-36-2)20-24-11-8-16-33-15-7-6-12-28(24)33/h3-5,9-10,13-14,24,28,34H,6-8,11-12,15-21H2,1-2H3. The average molecular weight is 505 g/mol. The van der Waals surface area contributed by atoms with Gasteiger partial charge in [-0.15, -0.1) is 0 Å². The Labute approximate surface area is 219 Å². The number of piperidine rings is 2. The fraction of sp³-hybridized carbons (Fsp3) is 0.516. The van der Waals surface area contributed by atoms with E-state index < -0.39 is 0 Å². The van der Waals surface area contributed by atoms with E-state index in [1.807, 2.05) is 43.3 Å². The van der Waals surface area contributed by atoms with Crippen LogP contribution in [0.2, 0.25) is 0 Å². The van der Waals surface area contributed by atoms with Crippen LogP contribution >= 0.6 is 0 Å². The van der Waals surface area contributed by atoms with Gasteiger partial charge in [0.25, 0.3) is 0 Å². The molecule has 1 N–H and O–H groups in total. The van der Waals surface area contributed by atoms with Gasteiger partial charge in [0.2, 0.25) is 0 Å². The van der Waals surface area contributed by atoms with E-state index in [0.717, 1.165) is 29.6 Å². The van der Waals surface area contributed by atoms with Crippen molar-refractivity contribution in [2.75, 3.05) is 39.9 Å². The summed E-state index contributed by atoms with van der Waals surface area (Å²) in [4.78, 5) is 18.2. The number of hydrogen-bond acceptors (Lipinski definition) is 6. The quantitative estimate of drug-likeness (QED) is 0.409. The Hall–Kier alpha value is -2.67. The Morgan fingerprint density at radius 1 is 1.05 bits per heavy atom. The van der Waals surface area contributed by atoms with Crippen LogP contribution in [0.15, 0.2) is 51.7 Å². The highest BCUT2D eigenvalue weighted by Gasteiger charge is 2.34. The number of methoxy groups -OCH3 is 1. The molecular formula is C31H40N2O4. The number of aryl methyl sites for hydroxylation is 1. The number of nitrogens with zero attached hydrogens (tertiary/aromatic N) is 2. The van der Waals surface area contributed by atoms with Gasteiger partial charge >= 0.3 is 5.63 Å². The third-order valence-corrected chi connectivity index (χ3v) is 8.47. The fourth-order valence-electron chi connectivity index (χ4n) is 6.46. The predicted molar refractivity (Wildman–Crippen MR) is 147 cm³/mol. The Kier molecular flexibility index (Phi) is 8.28. The van der Waals surface area contributed by atoms with Gasteiger partial charge in [-0.3, -0.25) is 4.90 Å².